The van der Waals surface area contributed by atoms with E-state index in [1.165, 1.54) is 44.1 Å². The Morgan fingerprint density at radius 1 is 1.09 bits per heavy atom. The van der Waals surface area contributed by atoms with Crippen LogP contribution in [0, 0.1) is 0 Å². The number of benzene rings is 1. The predicted molar refractivity (Wildman–Crippen MR) is 97.2 cm³/mol. The lowest BCUT2D eigenvalue weighted by atomic mass is 9.88. The monoisotopic (exact) mass is 354 g/mol. The van der Waals surface area contributed by atoms with Gasteiger partial charge in [-0.1, -0.05) is 48.9 Å². The van der Waals surface area contributed by atoms with E-state index < -0.39 is 0 Å². The molecular weight excluding hydrogens is 329 g/mol. The van der Waals surface area contributed by atoms with E-state index in [-0.39, 0.29) is 5.54 Å². The normalized spacial score (nSPS) is 22.1. The van der Waals surface area contributed by atoms with Crippen LogP contribution in [-0.2, 0) is 4.74 Å². The van der Waals surface area contributed by atoms with Gasteiger partial charge in [0.05, 0.1) is 5.56 Å². The average Bonchev–Trinajstić information content (AvgIpc) is 2.69. The average molecular weight is 355 g/mol. The molecule has 0 bridgehead atoms. The van der Waals surface area contributed by atoms with Crippen LogP contribution in [0.15, 0.2) is 12.1 Å². The summed E-state index contributed by atoms with van der Waals surface area (Å²) < 4.78 is 8.28. The number of hydrogen-bond acceptors (Lipinski definition) is 1. The fraction of sp³-hybridized carbons (Fsp3) is 0.632. The predicted octanol–water partition coefficient (Wildman–Crippen LogP) is 5.63. The molecule has 0 spiro atoms. The van der Waals surface area contributed by atoms with Crippen LogP contribution in [0.3, 0.4) is 0 Å². The minimum atomic E-state index is -0.00908. The first-order valence-corrected chi connectivity index (χ1v) is 9.38. The van der Waals surface area contributed by atoms with Gasteiger partial charge in [0.25, 0.3) is 0 Å². The summed E-state index contributed by atoms with van der Waals surface area (Å²) in [6.07, 6.45) is 7.62. The lowest BCUT2D eigenvalue weighted by molar-refractivity contribution is -0.562. The van der Waals surface area contributed by atoms with Gasteiger partial charge < -0.3 is 4.74 Å². The van der Waals surface area contributed by atoms with Gasteiger partial charge in [-0.05, 0) is 36.5 Å². The van der Waals surface area contributed by atoms with Crippen molar-refractivity contribution in [3.05, 3.63) is 33.3 Å². The summed E-state index contributed by atoms with van der Waals surface area (Å²) in [4.78, 5) is 0. The van der Waals surface area contributed by atoms with Crippen molar-refractivity contribution in [3.63, 3.8) is 0 Å². The highest BCUT2D eigenvalue weighted by molar-refractivity contribution is 6.35. The second-order valence-corrected chi connectivity index (χ2v) is 8.35. The third kappa shape index (κ3) is 3.39. The molecular formula is C19H26Cl2NO+. The van der Waals surface area contributed by atoms with Gasteiger partial charge in [-0.25, -0.2) is 0 Å². The molecule has 126 valence electrons. The third-order valence-corrected chi connectivity index (χ3v) is 5.89. The van der Waals surface area contributed by atoms with Crippen molar-refractivity contribution < 1.29 is 9.31 Å². The molecule has 1 aliphatic heterocycles. The van der Waals surface area contributed by atoms with E-state index in [1.54, 1.807) is 0 Å². The number of halogens is 2. The fourth-order valence-electron chi connectivity index (χ4n) is 3.72. The van der Waals surface area contributed by atoms with Crippen molar-refractivity contribution in [1.29, 1.82) is 0 Å². The van der Waals surface area contributed by atoms with Crippen molar-refractivity contribution in [1.82, 2.24) is 0 Å². The van der Waals surface area contributed by atoms with Gasteiger partial charge in [0.15, 0.2) is 12.1 Å². The van der Waals surface area contributed by atoms with E-state index in [1.807, 2.05) is 12.1 Å². The molecule has 1 aromatic carbocycles. The van der Waals surface area contributed by atoms with E-state index in [4.69, 9.17) is 27.9 Å². The molecule has 0 amide bonds. The largest absolute Gasteiger partial charge is 0.437 e. The molecule has 0 aromatic heterocycles. The fourth-order valence-corrected chi connectivity index (χ4v) is 4.36. The van der Waals surface area contributed by atoms with Gasteiger partial charge in [-0.15, -0.1) is 0 Å². The molecule has 1 aromatic rings. The van der Waals surface area contributed by atoms with Crippen molar-refractivity contribution in [2.75, 3.05) is 13.7 Å². The minimum absolute atomic E-state index is 0.00908. The topological polar surface area (TPSA) is 12.2 Å². The summed E-state index contributed by atoms with van der Waals surface area (Å²) in [7, 11) is 2.09. The second-order valence-electron chi connectivity index (χ2n) is 7.50. The van der Waals surface area contributed by atoms with E-state index in [2.05, 4.69) is 25.5 Å². The highest BCUT2D eigenvalue weighted by atomic mass is 35.5. The molecule has 1 aliphatic carbocycles. The Kier molecular flexibility index (Phi) is 4.94. The summed E-state index contributed by atoms with van der Waals surface area (Å²) in [6.45, 7) is 5.07. The Morgan fingerprint density at radius 2 is 1.74 bits per heavy atom. The first kappa shape index (κ1) is 17.1. The lowest BCUT2D eigenvalue weighted by Crippen LogP contribution is -2.33. The van der Waals surface area contributed by atoms with E-state index in [0.29, 0.717) is 17.5 Å². The first-order chi connectivity index (χ1) is 10.9. The molecule has 1 fully saturated rings. The van der Waals surface area contributed by atoms with Crippen LogP contribution in [0.5, 0.6) is 0 Å². The van der Waals surface area contributed by atoms with Gasteiger partial charge in [0.1, 0.15) is 7.05 Å². The van der Waals surface area contributed by atoms with Crippen molar-refractivity contribution in [2.45, 2.75) is 63.8 Å². The van der Waals surface area contributed by atoms with Crippen molar-refractivity contribution >= 4 is 29.1 Å². The number of ether oxygens (including phenoxy) is 1. The minimum Gasteiger partial charge on any atom is -0.437 e. The molecule has 4 heteroatoms. The van der Waals surface area contributed by atoms with Crippen molar-refractivity contribution in [2.24, 2.45) is 0 Å². The Hall–Kier alpha value is -0.730. The van der Waals surface area contributed by atoms with Crippen LogP contribution in [0.2, 0.25) is 10.0 Å². The van der Waals surface area contributed by atoms with Gasteiger partial charge >= 0.3 is 5.90 Å². The summed E-state index contributed by atoms with van der Waals surface area (Å²) in [5.74, 6) is 1.42. The SMILES string of the molecule is C[N+]1=C(c2cc(Cl)cc(Cl)c2C2CCCCCC2)OCC1(C)C. The number of hydrogen-bond donors (Lipinski definition) is 0. The maximum atomic E-state index is 6.65. The van der Waals surface area contributed by atoms with Crippen LogP contribution in [0.25, 0.3) is 0 Å². The molecule has 2 aliphatic rings. The zero-order valence-corrected chi connectivity index (χ0v) is 15.8. The maximum absolute atomic E-state index is 6.65. The van der Waals surface area contributed by atoms with Crippen molar-refractivity contribution in [3.8, 4) is 0 Å². The van der Waals surface area contributed by atoms with Gasteiger partial charge in [0.2, 0.25) is 0 Å². The summed E-state index contributed by atoms with van der Waals surface area (Å²) >= 11 is 13.0. The quantitative estimate of drug-likeness (QED) is 0.495. The first-order valence-electron chi connectivity index (χ1n) is 8.63. The number of rotatable bonds is 2. The standard InChI is InChI=1S/C19H26Cl2NO/c1-19(2)12-23-18(22(19)3)15-10-14(20)11-16(21)17(15)13-8-6-4-5-7-9-13/h10-11,13H,4-9,12H2,1-3H3/q+1. The van der Waals surface area contributed by atoms with E-state index >= 15 is 0 Å². The van der Waals surface area contributed by atoms with Crippen LogP contribution in [-0.4, -0.2) is 29.7 Å². The Bertz CT molecular complexity index is 629. The lowest BCUT2D eigenvalue weighted by Gasteiger charge is -2.19. The van der Waals surface area contributed by atoms with Crippen LogP contribution in [0.1, 0.15) is 69.4 Å². The third-order valence-electron chi connectivity index (χ3n) is 5.36. The summed E-state index contributed by atoms with van der Waals surface area (Å²) in [5, 5.41) is 1.46. The van der Waals surface area contributed by atoms with Gasteiger partial charge in [-0.3, -0.25) is 0 Å². The molecule has 0 atom stereocenters. The Morgan fingerprint density at radius 3 is 2.30 bits per heavy atom. The van der Waals surface area contributed by atoms with E-state index in [9.17, 15) is 0 Å². The molecule has 2 nitrogen and oxygen atoms in total. The second kappa shape index (κ2) is 6.64. The van der Waals surface area contributed by atoms with Gasteiger partial charge in [-0.2, -0.15) is 4.58 Å². The molecule has 1 heterocycles. The molecule has 1 saturated carbocycles. The molecule has 3 rings (SSSR count). The van der Waals surface area contributed by atoms with Crippen LogP contribution < -0.4 is 0 Å². The molecule has 0 unspecified atom stereocenters. The smallest absolute Gasteiger partial charge is 0.370 e. The van der Waals surface area contributed by atoms with Crippen LogP contribution in [0.4, 0.5) is 0 Å². The number of likely N-dealkylation sites (N-methyl/N-ethyl adjacent to an activating group) is 1. The number of nitrogens with zero attached hydrogens (tertiary/aromatic N) is 1. The zero-order valence-electron chi connectivity index (χ0n) is 14.3. The highest BCUT2D eigenvalue weighted by Crippen LogP contribution is 2.40. The summed E-state index contributed by atoms with van der Waals surface area (Å²) in [6, 6.07) is 3.91. The molecule has 23 heavy (non-hydrogen) atoms. The Balaban J connectivity index is 2.11. The van der Waals surface area contributed by atoms with Gasteiger partial charge in [0, 0.05) is 23.9 Å². The zero-order chi connectivity index (χ0) is 16.6. The molecule has 0 N–H and O–H groups in total. The van der Waals surface area contributed by atoms with E-state index in [0.717, 1.165) is 16.5 Å². The summed E-state index contributed by atoms with van der Waals surface area (Å²) in [5.41, 5.74) is 2.31. The molecule has 0 saturated heterocycles. The Labute approximate surface area is 149 Å². The molecule has 0 radical (unpaired) electrons. The van der Waals surface area contributed by atoms with Crippen LogP contribution >= 0.6 is 23.2 Å². The maximum Gasteiger partial charge on any atom is 0.370 e. The highest BCUT2D eigenvalue weighted by Gasteiger charge is 2.42.